The molecule has 1 heterocycles. The summed E-state index contributed by atoms with van der Waals surface area (Å²) in [7, 11) is 1.64. The molecule has 1 fully saturated rings. The first-order chi connectivity index (χ1) is 19.3. The van der Waals surface area contributed by atoms with Crippen molar-refractivity contribution in [2.24, 2.45) is 5.92 Å². The van der Waals surface area contributed by atoms with Crippen molar-refractivity contribution < 1.29 is 24.2 Å². The average Bonchev–Trinajstić information content (AvgIpc) is 2.97. The largest absolute Gasteiger partial charge is 0.497 e. The predicted molar refractivity (Wildman–Crippen MR) is 153 cm³/mol. The highest BCUT2D eigenvalue weighted by Crippen LogP contribution is 2.37. The molecule has 1 atom stereocenters. The molecule has 208 valence electrons. The van der Waals surface area contributed by atoms with Gasteiger partial charge in [0.15, 0.2) is 0 Å². The van der Waals surface area contributed by atoms with Gasteiger partial charge in [0.25, 0.3) is 0 Å². The Morgan fingerprint density at radius 3 is 2.12 bits per heavy atom. The lowest BCUT2D eigenvalue weighted by Gasteiger charge is -2.37. The van der Waals surface area contributed by atoms with Gasteiger partial charge in [-0.2, -0.15) is 0 Å². The van der Waals surface area contributed by atoms with Crippen molar-refractivity contribution in [3.05, 3.63) is 113 Å². The smallest absolute Gasteiger partial charge is 0.324 e. The first-order valence-electron chi connectivity index (χ1n) is 13.3. The first-order valence-corrected chi connectivity index (χ1v) is 13.3. The Morgan fingerprint density at radius 1 is 1.00 bits per heavy atom. The number of hydrogen-bond acceptors (Lipinski definition) is 5. The van der Waals surface area contributed by atoms with Crippen LogP contribution in [0, 0.1) is 5.92 Å². The van der Waals surface area contributed by atoms with Crippen LogP contribution in [0.1, 0.15) is 36.5 Å². The molecule has 0 saturated carbocycles. The maximum atomic E-state index is 12.3. The Bertz CT molecular complexity index is 1300. The van der Waals surface area contributed by atoms with E-state index in [0.29, 0.717) is 25.1 Å². The fourth-order valence-electron chi connectivity index (χ4n) is 5.09. The van der Waals surface area contributed by atoms with Crippen LogP contribution in [0.3, 0.4) is 0 Å². The number of methoxy groups -OCH3 is 1. The zero-order valence-electron chi connectivity index (χ0n) is 22.8. The van der Waals surface area contributed by atoms with Crippen LogP contribution in [0.15, 0.2) is 96.6 Å². The van der Waals surface area contributed by atoms with Crippen molar-refractivity contribution in [1.82, 2.24) is 15.5 Å². The number of nitrogens with zero attached hydrogens (tertiary/aromatic N) is 1. The summed E-state index contributed by atoms with van der Waals surface area (Å²) < 4.78 is 5.41. The van der Waals surface area contributed by atoms with E-state index >= 15 is 0 Å². The Labute approximate surface area is 234 Å². The third kappa shape index (κ3) is 6.58. The van der Waals surface area contributed by atoms with Crippen molar-refractivity contribution in [3.8, 4) is 5.75 Å². The molecule has 1 unspecified atom stereocenters. The van der Waals surface area contributed by atoms with Crippen LogP contribution >= 0.6 is 0 Å². The molecule has 0 bridgehead atoms. The minimum absolute atomic E-state index is 0.141. The summed E-state index contributed by atoms with van der Waals surface area (Å²) >= 11 is 0. The Balaban J connectivity index is 1.64. The van der Waals surface area contributed by atoms with Gasteiger partial charge in [-0.3, -0.25) is 20.2 Å². The molecule has 40 heavy (non-hydrogen) atoms. The summed E-state index contributed by atoms with van der Waals surface area (Å²) in [6.45, 7) is 2.75. The third-order valence-corrected chi connectivity index (χ3v) is 7.21. The molecule has 1 aliphatic rings. The van der Waals surface area contributed by atoms with Gasteiger partial charge in [-0.25, -0.2) is 4.79 Å². The van der Waals surface area contributed by atoms with E-state index in [4.69, 9.17) is 4.74 Å². The van der Waals surface area contributed by atoms with Gasteiger partial charge in [-0.05, 0) is 35.2 Å². The van der Waals surface area contributed by atoms with E-state index in [1.165, 1.54) is 4.90 Å². The summed E-state index contributed by atoms with van der Waals surface area (Å²) in [6.07, 6.45) is 2.10. The third-order valence-electron chi connectivity index (χ3n) is 7.21. The van der Waals surface area contributed by atoms with Crippen molar-refractivity contribution >= 4 is 17.9 Å². The van der Waals surface area contributed by atoms with E-state index in [9.17, 15) is 19.5 Å². The minimum Gasteiger partial charge on any atom is -0.497 e. The molecule has 3 N–H and O–H groups in total. The molecule has 0 aliphatic carbocycles. The quantitative estimate of drug-likeness (QED) is 0.229. The number of carbonyl (C=O) groups excluding carboxylic acids is 2. The van der Waals surface area contributed by atoms with Gasteiger partial charge < -0.3 is 14.7 Å². The van der Waals surface area contributed by atoms with Crippen LogP contribution in [0.2, 0.25) is 0 Å². The fraction of sp³-hybridized carbons (Fsp3) is 0.281. The molecule has 0 aromatic heterocycles. The molecular formula is C32H35N3O5. The number of ether oxygens (including phenoxy) is 1. The minimum atomic E-state index is -0.939. The molecule has 0 radical (unpaired) electrons. The van der Waals surface area contributed by atoms with Crippen LogP contribution in [0.4, 0.5) is 4.79 Å². The van der Waals surface area contributed by atoms with Gasteiger partial charge in [0.05, 0.1) is 25.0 Å². The summed E-state index contributed by atoms with van der Waals surface area (Å²) in [5.41, 5.74) is 3.07. The van der Waals surface area contributed by atoms with Crippen LogP contribution in [0.25, 0.3) is 0 Å². The standard InChI is InChI=1S/C32H35N3O5/c1-23-22-35(31(39)34-30(23)38)20-18-24(21-29(36)37)17-19-33-32(25-9-5-3-6-10-25,26-11-7-4-8-12-26)27-13-15-28(40-2)16-14-27/h3-16,18,23,33H,17,19-22H2,1-2H3,(H,36,37)(H,34,38,39)/b24-18-. The normalized spacial score (nSPS) is 16.0. The van der Waals surface area contributed by atoms with Crippen molar-refractivity contribution in [2.75, 3.05) is 26.7 Å². The fourth-order valence-corrected chi connectivity index (χ4v) is 5.09. The second kappa shape index (κ2) is 13.1. The van der Waals surface area contributed by atoms with Gasteiger partial charge in [-0.1, -0.05) is 91.4 Å². The van der Waals surface area contributed by atoms with Gasteiger partial charge in [-0.15, -0.1) is 0 Å². The summed E-state index contributed by atoms with van der Waals surface area (Å²) in [5.74, 6) is -0.803. The highest BCUT2D eigenvalue weighted by Gasteiger charge is 2.36. The zero-order valence-corrected chi connectivity index (χ0v) is 22.8. The van der Waals surface area contributed by atoms with E-state index < -0.39 is 17.5 Å². The molecule has 8 nitrogen and oxygen atoms in total. The second-order valence-electron chi connectivity index (χ2n) is 9.92. The molecule has 4 rings (SSSR count). The molecule has 3 amide bonds. The molecule has 1 saturated heterocycles. The monoisotopic (exact) mass is 541 g/mol. The van der Waals surface area contributed by atoms with Crippen LogP contribution in [-0.4, -0.2) is 54.7 Å². The van der Waals surface area contributed by atoms with E-state index in [1.54, 1.807) is 20.1 Å². The van der Waals surface area contributed by atoms with Gasteiger partial charge >= 0.3 is 12.0 Å². The number of nitrogens with one attached hydrogen (secondary N) is 2. The number of carboxylic acid groups (broad SMARTS) is 1. The maximum Gasteiger partial charge on any atom is 0.324 e. The highest BCUT2D eigenvalue weighted by molar-refractivity contribution is 5.97. The number of rotatable bonds is 12. The van der Waals surface area contributed by atoms with Crippen LogP contribution < -0.4 is 15.4 Å². The van der Waals surface area contributed by atoms with Crippen molar-refractivity contribution in [3.63, 3.8) is 0 Å². The van der Waals surface area contributed by atoms with Gasteiger partial charge in [0.2, 0.25) is 5.91 Å². The Kier molecular flexibility index (Phi) is 9.35. The molecule has 0 spiro atoms. The summed E-state index contributed by atoms with van der Waals surface area (Å²) in [6, 6.07) is 27.8. The SMILES string of the molecule is COc1ccc(C(NCC/C(=C/CN2CC(C)C(=O)NC2=O)CC(=O)O)(c2ccccc2)c2ccccc2)cc1. The number of aliphatic carboxylic acids is 1. The Morgan fingerprint density at radius 2 is 1.57 bits per heavy atom. The zero-order chi connectivity index (χ0) is 28.5. The number of amides is 3. The van der Waals surface area contributed by atoms with Crippen molar-refractivity contribution in [1.29, 1.82) is 0 Å². The van der Waals surface area contributed by atoms with Gasteiger partial charge in [0, 0.05) is 19.6 Å². The number of imide groups is 1. The first kappa shape index (κ1) is 28.6. The molecular weight excluding hydrogens is 506 g/mol. The van der Waals surface area contributed by atoms with E-state index in [2.05, 4.69) is 34.9 Å². The van der Waals surface area contributed by atoms with E-state index in [1.807, 2.05) is 60.7 Å². The second-order valence-corrected chi connectivity index (χ2v) is 9.92. The number of carbonyl (C=O) groups is 3. The Hall–Kier alpha value is -4.43. The lowest BCUT2D eigenvalue weighted by molar-refractivity contribution is -0.136. The molecule has 3 aromatic carbocycles. The topological polar surface area (TPSA) is 108 Å². The van der Waals surface area contributed by atoms with Crippen LogP contribution in [0.5, 0.6) is 5.75 Å². The number of urea groups is 1. The van der Waals surface area contributed by atoms with E-state index in [-0.39, 0.29) is 24.8 Å². The lowest BCUT2D eigenvalue weighted by Crippen LogP contribution is -2.53. The number of benzene rings is 3. The highest BCUT2D eigenvalue weighted by atomic mass is 16.5. The molecule has 1 aliphatic heterocycles. The van der Waals surface area contributed by atoms with E-state index in [0.717, 1.165) is 22.4 Å². The summed E-state index contributed by atoms with van der Waals surface area (Å²) in [4.78, 5) is 37.3. The number of hydrogen-bond donors (Lipinski definition) is 3. The average molecular weight is 542 g/mol. The lowest BCUT2D eigenvalue weighted by atomic mass is 9.77. The number of carboxylic acids is 1. The maximum absolute atomic E-state index is 12.3. The van der Waals surface area contributed by atoms with Crippen molar-refractivity contribution in [2.45, 2.75) is 25.3 Å². The van der Waals surface area contributed by atoms with Gasteiger partial charge in [0.1, 0.15) is 5.75 Å². The molecule has 8 heteroatoms. The predicted octanol–water partition coefficient (Wildman–Crippen LogP) is 4.56. The molecule has 3 aromatic rings. The van der Waals surface area contributed by atoms with Crippen LogP contribution in [-0.2, 0) is 15.1 Å². The summed E-state index contributed by atoms with van der Waals surface area (Å²) in [5, 5.41) is 15.7.